The molecule has 0 fully saturated rings. The van der Waals surface area contributed by atoms with Gasteiger partial charge in [0, 0.05) is 13.1 Å². The van der Waals surface area contributed by atoms with Gasteiger partial charge in [0.05, 0.1) is 12.0 Å². The van der Waals surface area contributed by atoms with Gasteiger partial charge in [-0.1, -0.05) is 0 Å². The summed E-state index contributed by atoms with van der Waals surface area (Å²) >= 11 is 1.04. The van der Waals surface area contributed by atoms with E-state index in [1.807, 2.05) is 0 Å². The molecule has 12 heavy (non-hydrogen) atoms. The first-order valence-corrected chi connectivity index (χ1v) is 4.02. The van der Waals surface area contributed by atoms with E-state index in [0.717, 1.165) is 11.3 Å². The number of methoxy groups -OCH3 is 1. The maximum atomic E-state index is 10.9. The van der Waals surface area contributed by atoms with Crippen molar-refractivity contribution >= 4 is 23.1 Å². The molecule has 0 spiro atoms. The summed E-state index contributed by atoms with van der Waals surface area (Å²) in [4.78, 5) is 25.9. The number of hydrogen-bond acceptors (Lipinski definition) is 5. The van der Waals surface area contributed by atoms with Gasteiger partial charge in [-0.2, -0.15) is 0 Å². The second-order valence-electron chi connectivity index (χ2n) is 2.08. The van der Waals surface area contributed by atoms with Gasteiger partial charge in [-0.3, -0.25) is 4.79 Å². The summed E-state index contributed by atoms with van der Waals surface area (Å²) in [5, 5.41) is 0.211. The van der Waals surface area contributed by atoms with Crippen LogP contribution in [0, 0.1) is 0 Å². The highest BCUT2D eigenvalue weighted by molar-refractivity contribution is 7.15. The van der Waals surface area contributed by atoms with Crippen molar-refractivity contribution in [2.24, 2.45) is 0 Å². The summed E-state index contributed by atoms with van der Waals surface area (Å²) in [5.74, 6) is -0.602. The molecule has 1 heterocycles. The molecule has 0 unspecified atom stereocenters. The Balaban J connectivity index is 2.91. The molecule has 0 aliphatic carbocycles. The van der Waals surface area contributed by atoms with Crippen molar-refractivity contribution in [1.82, 2.24) is 4.98 Å². The molecule has 0 atom stereocenters. The lowest BCUT2D eigenvalue weighted by molar-refractivity contribution is 0.0600. The van der Waals surface area contributed by atoms with E-state index in [2.05, 4.69) is 9.72 Å². The monoisotopic (exact) mass is 185 g/mol. The van der Waals surface area contributed by atoms with Crippen LogP contribution in [0.25, 0.3) is 0 Å². The van der Waals surface area contributed by atoms with Crippen molar-refractivity contribution in [2.75, 3.05) is 7.11 Å². The van der Waals surface area contributed by atoms with Crippen LogP contribution in [0.3, 0.4) is 0 Å². The molecule has 0 radical (unpaired) electrons. The van der Waals surface area contributed by atoms with E-state index in [9.17, 15) is 9.59 Å². The molecule has 0 bridgehead atoms. The SMILES string of the molecule is COC(=O)c1ncc(C(C)=O)s1. The van der Waals surface area contributed by atoms with Crippen molar-refractivity contribution in [2.45, 2.75) is 6.92 Å². The van der Waals surface area contributed by atoms with Crippen molar-refractivity contribution in [3.8, 4) is 0 Å². The third-order valence-corrected chi connectivity index (χ3v) is 2.29. The number of carbonyl (C=O) groups is 2. The molecule has 0 saturated heterocycles. The number of hydrogen-bond donors (Lipinski definition) is 0. The van der Waals surface area contributed by atoms with Crippen LogP contribution in [0.5, 0.6) is 0 Å². The second-order valence-corrected chi connectivity index (χ2v) is 3.11. The van der Waals surface area contributed by atoms with E-state index in [0.29, 0.717) is 4.88 Å². The predicted molar refractivity (Wildman–Crippen MR) is 43.5 cm³/mol. The average molecular weight is 185 g/mol. The van der Waals surface area contributed by atoms with Crippen LogP contribution < -0.4 is 0 Å². The first-order valence-electron chi connectivity index (χ1n) is 3.20. The molecule has 0 saturated carbocycles. The third kappa shape index (κ3) is 1.68. The summed E-state index contributed by atoms with van der Waals surface area (Å²) in [6.07, 6.45) is 1.37. The van der Waals surface area contributed by atoms with Crippen molar-refractivity contribution in [3.05, 3.63) is 16.1 Å². The van der Waals surface area contributed by atoms with Crippen LogP contribution in [0.2, 0.25) is 0 Å². The summed E-state index contributed by atoms with van der Waals surface area (Å²) in [6, 6.07) is 0. The number of rotatable bonds is 2. The molecular formula is C7H7NO3S. The number of nitrogens with zero attached hydrogens (tertiary/aromatic N) is 1. The fourth-order valence-electron chi connectivity index (χ4n) is 0.619. The highest BCUT2D eigenvalue weighted by atomic mass is 32.1. The van der Waals surface area contributed by atoms with Gasteiger partial charge in [0.25, 0.3) is 0 Å². The molecule has 0 N–H and O–H groups in total. The minimum atomic E-state index is -0.507. The van der Waals surface area contributed by atoms with Gasteiger partial charge in [-0.25, -0.2) is 9.78 Å². The predicted octanol–water partition coefficient (Wildman–Crippen LogP) is 1.13. The number of esters is 1. The second kappa shape index (κ2) is 3.44. The van der Waals surface area contributed by atoms with Gasteiger partial charge < -0.3 is 4.74 Å². The summed E-state index contributed by atoms with van der Waals surface area (Å²) < 4.78 is 4.43. The zero-order valence-corrected chi connectivity index (χ0v) is 7.47. The molecule has 0 aliphatic rings. The van der Waals surface area contributed by atoms with Crippen LogP contribution in [-0.4, -0.2) is 23.8 Å². The number of carbonyl (C=O) groups excluding carboxylic acids is 2. The molecular weight excluding hydrogens is 178 g/mol. The first-order chi connectivity index (χ1) is 5.65. The normalized spacial score (nSPS) is 9.50. The van der Waals surface area contributed by atoms with Gasteiger partial charge in [-0.15, -0.1) is 11.3 Å². The lowest BCUT2D eigenvalue weighted by atomic mass is 10.4. The lowest BCUT2D eigenvalue weighted by Crippen LogP contribution is -1.99. The standard InChI is InChI=1S/C7H7NO3S/c1-4(9)5-3-8-6(12-5)7(10)11-2/h3H,1-2H3. The van der Waals surface area contributed by atoms with Crippen LogP contribution in [0.15, 0.2) is 6.20 Å². The Morgan fingerprint density at radius 3 is 2.67 bits per heavy atom. The molecule has 1 aromatic rings. The molecule has 64 valence electrons. The van der Waals surface area contributed by atoms with Gasteiger partial charge in [0.15, 0.2) is 5.78 Å². The Bertz CT molecular complexity index is 318. The lowest BCUT2D eigenvalue weighted by Gasteiger charge is -1.89. The fraction of sp³-hybridized carbons (Fsp3) is 0.286. The quantitative estimate of drug-likeness (QED) is 0.512. The van der Waals surface area contributed by atoms with E-state index in [1.165, 1.54) is 20.2 Å². The molecule has 5 heteroatoms. The van der Waals surface area contributed by atoms with E-state index in [1.54, 1.807) is 0 Å². The number of ketones is 1. The first kappa shape index (κ1) is 8.86. The zero-order chi connectivity index (χ0) is 9.14. The molecule has 4 nitrogen and oxygen atoms in total. The number of aromatic nitrogens is 1. The maximum absolute atomic E-state index is 10.9. The van der Waals surface area contributed by atoms with Crippen LogP contribution >= 0.6 is 11.3 Å². The van der Waals surface area contributed by atoms with Gasteiger partial charge in [-0.05, 0) is 0 Å². The molecule has 0 amide bonds. The summed E-state index contributed by atoms with van der Waals surface area (Å²) in [5.41, 5.74) is 0. The summed E-state index contributed by atoms with van der Waals surface area (Å²) in [6.45, 7) is 1.43. The van der Waals surface area contributed by atoms with Crippen LogP contribution in [-0.2, 0) is 4.74 Å². The van der Waals surface area contributed by atoms with E-state index in [4.69, 9.17) is 0 Å². The molecule has 1 rings (SSSR count). The van der Waals surface area contributed by atoms with Gasteiger partial charge in [0.2, 0.25) is 5.01 Å². The Kier molecular flexibility index (Phi) is 2.54. The smallest absolute Gasteiger partial charge is 0.367 e. The topological polar surface area (TPSA) is 56.3 Å². The summed E-state index contributed by atoms with van der Waals surface area (Å²) in [7, 11) is 1.27. The van der Waals surface area contributed by atoms with E-state index < -0.39 is 5.97 Å². The maximum Gasteiger partial charge on any atom is 0.367 e. The van der Waals surface area contributed by atoms with Crippen molar-refractivity contribution in [1.29, 1.82) is 0 Å². The number of ether oxygens (including phenoxy) is 1. The molecule has 0 aromatic carbocycles. The van der Waals surface area contributed by atoms with E-state index in [-0.39, 0.29) is 10.8 Å². The fourth-order valence-corrected chi connectivity index (χ4v) is 1.35. The van der Waals surface area contributed by atoms with Crippen molar-refractivity contribution < 1.29 is 14.3 Å². The molecule has 1 aromatic heterocycles. The Morgan fingerprint density at radius 2 is 2.25 bits per heavy atom. The van der Waals surface area contributed by atoms with Crippen LogP contribution in [0.1, 0.15) is 26.4 Å². The number of thiazole rings is 1. The minimum absolute atomic E-state index is 0.0948. The average Bonchev–Trinajstić information content (AvgIpc) is 2.51. The highest BCUT2D eigenvalue weighted by Crippen LogP contribution is 2.13. The van der Waals surface area contributed by atoms with Gasteiger partial charge >= 0.3 is 5.97 Å². The largest absolute Gasteiger partial charge is 0.464 e. The minimum Gasteiger partial charge on any atom is -0.464 e. The zero-order valence-electron chi connectivity index (χ0n) is 6.66. The van der Waals surface area contributed by atoms with Crippen LogP contribution in [0.4, 0.5) is 0 Å². The van der Waals surface area contributed by atoms with E-state index >= 15 is 0 Å². The Morgan fingerprint density at radius 1 is 1.58 bits per heavy atom. The highest BCUT2D eigenvalue weighted by Gasteiger charge is 2.12. The van der Waals surface area contributed by atoms with Gasteiger partial charge in [0.1, 0.15) is 0 Å². The Hall–Kier alpha value is -1.23. The molecule has 0 aliphatic heterocycles. The third-order valence-electron chi connectivity index (χ3n) is 1.21. The number of Topliss-reactive ketones (excluding diaryl/α,β-unsaturated/α-hetero) is 1. The Labute approximate surface area is 73.2 Å². The van der Waals surface area contributed by atoms with Crippen molar-refractivity contribution in [3.63, 3.8) is 0 Å².